The molecule has 0 fully saturated rings. The van der Waals surface area contributed by atoms with Gasteiger partial charge in [0.25, 0.3) is 0 Å². The number of rotatable bonds is 2. The van der Waals surface area contributed by atoms with Crippen molar-refractivity contribution in [1.29, 1.82) is 0 Å². The van der Waals surface area contributed by atoms with Gasteiger partial charge >= 0.3 is 21.7 Å². The average molecular weight is 445 g/mol. The molecule has 0 aromatic rings. The maximum atomic E-state index is 3.65. The Labute approximate surface area is 190 Å². The van der Waals surface area contributed by atoms with Crippen molar-refractivity contribution in [2.75, 3.05) is 0 Å². The van der Waals surface area contributed by atoms with Gasteiger partial charge in [-0.15, -0.1) is 12.8 Å². The quantitative estimate of drug-likeness (QED) is 0.435. The Bertz CT molecular complexity index is 595. The summed E-state index contributed by atoms with van der Waals surface area (Å²) in [5.41, 5.74) is 6.51. The van der Waals surface area contributed by atoms with E-state index < -0.39 is 8.07 Å². The van der Waals surface area contributed by atoms with Crippen LogP contribution in [0.15, 0.2) is 32.7 Å². The van der Waals surface area contributed by atoms with Crippen molar-refractivity contribution in [2.24, 2.45) is 10.8 Å². The van der Waals surface area contributed by atoms with Gasteiger partial charge in [0.05, 0.1) is 0 Å². The van der Waals surface area contributed by atoms with Crippen LogP contribution in [0.4, 0.5) is 0 Å². The molecule has 0 bridgehead atoms. The summed E-state index contributed by atoms with van der Waals surface area (Å²) in [6, 6.07) is 0. The summed E-state index contributed by atoms with van der Waals surface area (Å²) in [7, 11) is -1.75. The minimum Gasteiger partial charge on any atom is -1.00 e. The van der Waals surface area contributed by atoms with E-state index in [9.17, 15) is 0 Å². The van der Waals surface area contributed by atoms with Crippen molar-refractivity contribution in [3.8, 4) is 0 Å². The Balaban J connectivity index is 0. The molecule has 2 rings (SSSR count). The molecule has 0 saturated carbocycles. The van der Waals surface area contributed by atoms with Crippen LogP contribution in [0.1, 0.15) is 68.2 Å². The van der Waals surface area contributed by atoms with Crippen molar-refractivity contribution in [3.63, 3.8) is 0 Å². The van der Waals surface area contributed by atoms with Gasteiger partial charge in [0.1, 0.15) is 0 Å². The molecule has 0 nitrogen and oxygen atoms in total. The first kappa shape index (κ1) is 28.7. The Hall–Kier alpha value is 0.471. The van der Waals surface area contributed by atoms with E-state index in [-0.39, 0.29) is 57.4 Å². The van der Waals surface area contributed by atoms with Gasteiger partial charge in [-0.05, 0) is 10.8 Å². The van der Waals surface area contributed by atoms with Gasteiger partial charge in [0, 0.05) is 0 Å². The first-order chi connectivity index (χ1) is 10.3. The van der Waals surface area contributed by atoms with Crippen LogP contribution in [0.3, 0.4) is 0 Å². The molecule has 0 aromatic heterocycles. The van der Waals surface area contributed by atoms with Crippen LogP contribution < -0.4 is 24.8 Å². The van der Waals surface area contributed by atoms with Gasteiger partial charge in [0.15, 0.2) is 0 Å². The van der Waals surface area contributed by atoms with Crippen molar-refractivity contribution in [3.05, 3.63) is 44.8 Å². The van der Waals surface area contributed by atoms with Gasteiger partial charge in [0.2, 0.25) is 0 Å². The van der Waals surface area contributed by atoms with Gasteiger partial charge in [-0.1, -0.05) is 76.6 Å². The second-order valence-corrected chi connectivity index (χ2v) is 14.0. The first-order valence-corrected chi connectivity index (χ1v) is 11.9. The van der Waals surface area contributed by atoms with Crippen LogP contribution in [0.25, 0.3) is 0 Å². The van der Waals surface area contributed by atoms with E-state index in [0.717, 1.165) is 12.8 Å². The summed E-state index contributed by atoms with van der Waals surface area (Å²) in [5, 5.41) is 3.31. The molecule has 2 aliphatic rings. The second-order valence-electron chi connectivity index (χ2n) is 9.79. The van der Waals surface area contributed by atoms with E-state index in [1.807, 2.05) is 0 Å². The average Bonchev–Trinajstić information content (AvgIpc) is 2.91. The fourth-order valence-electron chi connectivity index (χ4n) is 4.35. The third kappa shape index (κ3) is 5.29. The SMILES string of the molecule is CC1=[C-]CC(C(C)(C)C)=C1[Si](C)(C)C1=C(C(C)(C)C)C[C-]=C1C.[Cl-].[Cl-].[Ti+4]. The molecule has 26 heavy (non-hydrogen) atoms. The molecule has 0 atom stereocenters. The molecular weight excluding hydrogens is 411 g/mol. The van der Waals surface area contributed by atoms with Crippen LogP contribution >= 0.6 is 0 Å². The fraction of sp³-hybridized carbons (Fsp3) is 0.636. The summed E-state index contributed by atoms with van der Waals surface area (Å²) in [6.45, 7) is 23.8. The summed E-state index contributed by atoms with van der Waals surface area (Å²) in [5.74, 6) is 0. The van der Waals surface area contributed by atoms with E-state index in [1.165, 1.54) is 11.1 Å². The van der Waals surface area contributed by atoms with Crippen LogP contribution in [0, 0.1) is 23.0 Å². The molecular formula is C22H34Cl2SiTi. The normalized spacial score (nSPS) is 18.1. The van der Waals surface area contributed by atoms with Gasteiger partial charge in [-0.2, -0.15) is 11.1 Å². The number of hydrogen-bond donors (Lipinski definition) is 0. The molecule has 0 heterocycles. The fourth-order valence-corrected chi connectivity index (χ4v) is 9.08. The molecule has 2 aliphatic carbocycles. The first-order valence-electron chi connectivity index (χ1n) is 8.91. The smallest absolute Gasteiger partial charge is 1.00 e. The zero-order valence-corrected chi connectivity index (χ0v) is 22.2. The maximum absolute atomic E-state index is 3.65. The Morgan fingerprint density at radius 2 is 0.962 bits per heavy atom. The molecule has 4 heteroatoms. The second kappa shape index (κ2) is 9.31. The minimum atomic E-state index is -1.75. The molecule has 0 unspecified atom stereocenters. The summed E-state index contributed by atoms with van der Waals surface area (Å²) >= 11 is 0. The van der Waals surface area contributed by atoms with Crippen LogP contribution in [-0.4, -0.2) is 8.07 Å². The summed E-state index contributed by atoms with van der Waals surface area (Å²) < 4.78 is 0. The van der Waals surface area contributed by atoms with Gasteiger partial charge in [-0.3, -0.25) is 12.2 Å². The monoisotopic (exact) mass is 444 g/mol. The number of hydrogen-bond acceptors (Lipinski definition) is 0. The molecule has 144 valence electrons. The maximum Gasteiger partial charge on any atom is 4.00 e. The van der Waals surface area contributed by atoms with Crippen LogP contribution in [0.5, 0.6) is 0 Å². The third-order valence-corrected chi connectivity index (χ3v) is 9.33. The van der Waals surface area contributed by atoms with Crippen molar-refractivity contribution in [1.82, 2.24) is 0 Å². The van der Waals surface area contributed by atoms with E-state index in [1.54, 1.807) is 21.5 Å². The van der Waals surface area contributed by atoms with Crippen molar-refractivity contribution < 1.29 is 46.5 Å². The minimum absolute atomic E-state index is 0. The van der Waals surface area contributed by atoms with Crippen molar-refractivity contribution in [2.45, 2.75) is 81.3 Å². The molecule has 0 radical (unpaired) electrons. The van der Waals surface area contributed by atoms with E-state index in [2.05, 4.69) is 80.6 Å². The molecule has 0 aliphatic heterocycles. The molecule has 0 N–H and O–H groups in total. The molecule has 0 amide bonds. The standard InChI is InChI=1S/C22H34Si.2ClH.Ti/c1-15-11-13-17(21(3,4)5)19(15)23(9,10)20-16(2)12-14-18(20)22(6,7)8;;;/h13-14H2,1-10H3;2*1H;/q-2;;;+4/p-2. The number of halogens is 2. The van der Waals surface area contributed by atoms with Gasteiger partial charge < -0.3 is 24.8 Å². The Morgan fingerprint density at radius 3 is 1.19 bits per heavy atom. The van der Waals surface area contributed by atoms with Crippen LogP contribution in [0.2, 0.25) is 13.1 Å². The molecule has 0 aromatic carbocycles. The summed E-state index contributed by atoms with van der Waals surface area (Å²) in [4.78, 5) is 0. The topological polar surface area (TPSA) is 0 Å². The molecule has 0 saturated heterocycles. The largest absolute Gasteiger partial charge is 4.00 e. The predicted molar refractivity (Wildman–Crippen MR) is 105 cm³/mol. The van der Waals surface area contributed by atoms with E-state index in [0.29, 0.717) is 0 Å². The van der Waals surface area contributed by atoms with Gasteiger partial charge in [-0.25, -0.2) is 21.5 Å². The number of allylic oxidation sites excluding steroid dienone is 8. The Kier molecular flexibility index (Phi) is 10.3. The zero-order chi connectivity index (χ0) is 17.8. The third-order valence-electron chi connectivity index (χ3n) is 5.47. The predicted octanol–water partition coefficient (Wildman–Crippen LogP) is 0.770. The molecule has 0 spiro atoms. The van der Waals surface area contributed by atoms with Crippen molar-refractivity contribution >= 4 is 8.07 Å². The summed E-state index contributed by atoms with van der Waals surface area (Å²) in [6.07, 6.45) is 9.34. The Morgan fingerprint density at radius 1 is 0.692 bits per heavy atom. The van der Waals surface area contributed by atoms with Crippen LogP contribution in [-0.2, 0) is 21.7 Å². The van der Waals surface area contributed by atoms with E-state index >= 15 is 0 Å². The van der Waals surface area contributed by atoms with E-state index in [4.69, 9.17) is 0 Å². The zero-order valence-electron chi connectivity index (χ0n) is 18.2.